The minimum absolute atomic E-state index is 0.261. The number of rotatable bonds is 2. The second-order valence-corrected chi connectivity index (χ2v) is 5.05. The molecule has 0 radical (unpaired) electrons. The molecule has 1 unspecified atom stereocenters. The molecule has 3 rings (SSSR count). The lowest BCUT2D eigenvalue weighted by atomic mass is 10.1. The predicted molar refractivity (Wildman–Crippen MR) is 78.1 cm³/mol. The Kier molecular flexibility index (Phi) is 3.00. The van der Waals surface area contributed by atoms with Gasteiger partial charge in [0.15, 0.2) is 0 Å². The number of hydrogen-bond donors (Lipinski definition) is 1. The molecule has 20 heavy (non-hydrogen) atoms. The second kappa shape index (κ2) is 4.82. The lowest BCUT2D eigenvalue weighted by Gasteiger charge is -2.08. The third-order valence-corrected chi connectivity index (χ3v) is 3.65. The molecule has 0 aliphatic heterocycles. The number of carbonyl (C=O) groups excluding carboxylic acids is 1. The standard InChI is InChI=1S/C17H14N2O/c1-11(10-18)17(20)19-14-6-7-16-13(9-14)8-12-4-2-3-5-15(12)16/h2-7,9,11H,8H2,1H3,(H,19,20). The van der Waals surface area contributed by atoms with E-state index in [1.54, 1.807) is 6.92 Å². The van der Waals surface area contributed by atoms with Gasteiger partial charge in [0.1, 0.15) is 5.92 Å². The number of nitrogens with zero attached hydrogens (tertiary/aromatic N) is 1. The van der Waals surface area contributed by atoms with Crippen molar-refractivity contribution in [3.8, 4) is 17.2 Å². The summed E-state index contributed by atoms with van der Waals surface area (Å²) in [6.45, 7) is 1.60. The van der Waals surface area contributed by atoms with Gasteiger partial charge in [0.25, 0.3) is 0 Å². The van der Waals surface area contributed by atoms with Crippen LogP contribution in [0.3, 0.4) is 0 Å². The second-order valence-electron chi connectivity index (χ2n) is 5.05. The fraction of sp³-hybridized carbons (Fsp3) is 0.176. The van der Waals surface area contributed by atoms with Crippen molar-refractivity contribution in [1.29, 1.82) is 5.26 Å². The first-order chi connectivity index (χ1) is 9.69. The molecule has 2 aromatic carbocycles. The summed E-state index contributed by atoms with van der Waals surface area (Å²) < 4.78 is 0. The van der Waals surface area contributed by atoms with E-state index >= 15 is 0 Å². The number of fused-ring (bicyclic) bond motifs is 3. The average molecular weight is 262 g/mol. The van der Waals surface area contributed by atoms with Gasteiger partial charge in [-0.1, -0.05) is 30.3 Å². The Morgan fingerprint density at radius 2 is 1.95 bits per heavy atom. The summed E-state index contributed by atoms with van der Waals surface area (Å²) in [4.78, 5) is 11.7. The lowest BCUT2D eigenvalue weighted by Crippen LogP contribution is -2.18. The Balaban J connectivity index is 1.88. The summed E-state index contributed by atoms with van der Waals surface area (Å²) in [6, 6.07) is 16.2. The molecular formula is C17H14N2O. The molecule has 1 amide bonds. The highest BCUT2D eigenvalue weighted by Crippen LogP contribution is 2.37. The van der Waals surface area contributed by atoms with Crippen molar-refractivity contribution in [2.24, 2.45) is 5.92 Å². The van der Waals surface area contributed by atoms with Crippen molar-refractivity contribution in [2.45, 2.75) is 13.3 Å². The molecular weight excluding hydrogens is 248 g/mol. The smallest absolute Gasteiger partial charge is 0.241 e. The Morgan fingerprint density at radius 3 is 2.75 bits per heavy atom. The van der Waals surface area contributed by atoms with E-state index < -0.39 is 5.92 Å². The quantitative estimate of drug-likeness (QED) is 0.770. The Bertz CT molecular complexity index is 728. The van der Waals surface area contributed by atoms with Gasteiger partial charge in [-0.05, 0) is 47.7 Å². The highest BCUT2D eigenvalue weighted by molar-refractivity contribution is 5.94. The van der Waals surface area contributed by atoms with Gasteiger partial charge in [-0.3, -0.25) is 4.79 Å². The zero-order chi connectivity index (χ0) is 14.1. The third-order valence-electron chi connectivity index (χ3n) is 3.65. The molecule has 1 atom stereocenters. The van der Waals surface area contributed by atoms with E-state index in [4.69, 9.17) is 5.26 Å². The maximum Gasteiger partial charge on any atom is 0.241 e. The maximum atomic E-state index is 11.7. The van der Waals surface area contributed by atoms with Gasteiger partial charge in [-0.25, -0.2) is 0 Å². The van der Waals surface area contributed by atoms with E-state index in [9.17, 15) is 4.79 Å². The number of hydrogen-bond acceptors (Lipinski definition) is 2. The van der Waals surface area contributed by atoms with Crippen molar-refractivity contribution in [3.63, 3.8) is 0 Å². The van der Waals surface area contributed by atoms with Gasteiger partial charge in [0.2, 0.25) is 5.91 Å². The summed E-state index contributed by atoms with van der Waals surface area (Å²) in [7, 11) is 0. The van der Waals surface area contributed by atoms with Crippen molar-refractivity contribution >= 4 is 11.6 Å². The number of carbonyl (C=O) groups is 1. The molecule has 1 aliphatic rings. The summed E-state index contributed by atoms with van der Waals surface area (Å²) in [5.41, 5.74) is 5.78. The Labute approximate surface area is 117 Å². The van der Waals surface area contributed by atoms with Crippen LogP contribution in [0.25, 0.3) is 11.1 Å². The van der Waals surface area contributed by atoms with Gasteiger partial charge in [-0.2, -0.15) is 5.26 Å². The molecule has 0 saturated heterocycles. The molecule has 3 heteroatoms. The molecule has 0 aromatic heterocycles. The first-order valence-corrected chi connectivity index (χ1v) is 6.60. The zero-order valence-corrected chi connectivity index (χ0v) is 11.2. The summed E-state index contributed by atoms with van der Waals surface area (Å²) in [5, 5.41) is 11.5. The first kappa shape index (κ1) is 12.4. The fourth-order valence-electron chi connectivity index (χ4n) is 2.53. The topological polar surface area (TPSA) is 52.9 Å². The van der Waals surface area contributed by atoms with Crippen molar-refractivity contribution in [3.05, 3.63) is 53.6 Å². The van der Waals surface area contributed by atoms with Gasteiger partial charge in [0, 0.05) is 5.69 Å². The van der Waals surface area contributed by atoms with Crippen LogP contribution in [0, 0.1) is 17.2 Å². The molecule has 0 heterocycles. The lowest BCUT2D eigenvalue weighted by molar-refractivity contribution is -0.117. The molecule has 0 saturated carbocycles. The van der Waals surface area contributed by atoms with Crippen LogP contribution in [-0.4, -0.2) is 5.91 Å². The Hall–Kier alpha value is -2.60. The number of nitrogens with one attached hydrogen (secondary N) is 1. The van der Waals surface area contributed by atoms with Gasteiger partial charge < -0.3 is 5.32 Å². The van der Waals surface area contributed by atoms with Crippen LogP contribution in [0.5, 0.6) is 0 Å². The number of anilines is 1. The average Bonchev–Trinajstić information content (AvgIpc) is 2.83. The normalized spacial score (nSPS) is 13.0. The zero-order valence-electron chi connectivity index (χ0n) is 11.2. The van der Waals surface area contributed by atoms with Gasteiger partial charge in [-0.15, -0.1) is 0 Å². The Morgan fingerprint density at radius 1 is 1.20 bits per heavy atom. The van der Waals surface area contributed by atoms with Crippen LogP contribution < -0.4 is 5.32 Å². The van der Waals surface area contributed by atoms with E-state index in [-0.39, 0.29) is 5.91 Å². The molecule has 0 spiro atoms. The minimum Gasteiger partial charge on any atom is -0.325 e. The van der Waals surface area contributed by atoms with E-state index in [0.717, 1.165) is 12.1 Å². The predicted octanol–water partition coefficient (Wildman–Crippen LogP) is 3.36. The van der Waals surface area contributed by atoms with Gasteiger partial charge in [0.05, 0.1) is 6.07 Å². The molecule has 0 bridgehead atoms. The van der Waals surface area contributed by atoms with Crippen LogP contribution >= 0.6 is 0 Å². The van der Waals surface area contributed by atoms with Crippen molar-refractivity contribution in [2.75, 3.05) is 5.32 Å². The van der Waals surface area contributed by atoms with Crippen LogP contribution in [-0.2, 0) is 11.2 Å². The summed E-state index contributed by atoms with van der Waals surface area (Å²) in [5.74, 6) is -0.900. The number of amides is 1. The highest BCUT2D eigenvalue weighted by Gasteiger charge is 2.19. The van der Waals surface area contributed by atoms with Crippen LogP contribution in [0.2, 0.25) is 0 Å². The van der Waals surface area contributed by atoms with Crippen molar-refractivity contribution < 1.29 is 4.79 Å². The van der Waals surface area contributed by atoms with Crippen LogP contribution in [0.1, 0.15) is 18.1 Å². The molecule has 2 aromatic rings. The number of benzene rings is 2. The van der Waals surface area contributed by atoms with E-state index in [1.807, 2.05) is 36.4 Å². The van der Waals surface area contributed by atoms with Crippen LogP contribution in [0.4, 0.5) is 5.69 Å². The molecule has 1 N–H and O–H groups in total. The summed E-state index contributed by atoms with van der Waals surface area (Å²) >= 11 is 0. The van der Waals surface area contributed by atoms with Crippen LogP contribution in [0.15, 0.2) is 42.5 Å². The first-order valence-electron chi connectivity index (χ1n) is 6.60. The fourth-order valence-corrected chi connectivity index (χ4v) is 2.53. The van der Waals surface area contributed by atoms with E-state index in [2.05, 4.69) is 17.4 Å². The SMILES string of the molecule is CC(C#N)C(=O)Nc1ccc2c(c1)Cc1ccccc1-2. The van der Waals surface area contributed by atoms with Crippen molar-refractivity contribution in [1.82, 2.24) is 0 Å². The van der Waals surface area contributed by atoms with E-state index in [1.165, 1.54) is 22.3 Å². The maximum absolute atomic E-state index is 11.7. The minimum atomic E-state index is -0.638. The number of nitriles is 1. The van der Waals surface area contributed by atoms with Gasteiger partial charge >= 0.3 is 0 Å². The molecule has 3 nitrogen and oxygen atoms in total. The molecule has 0 fully saturated rings. The molecule has 1 aliphatic carbocycles. The molecule has 98 valence electrons. The third kappa shape index (κ3) is 2.06. The highest BCUT2D eigenvalue weighted by atomic mass is 16.1. The monoisotopic (exact) mass is 262 g/mol. The summed E-state index contributed by atoms with van der Waals surface area (Å²) in [6.07, 6.45) is 0.892. The largest absolute Gasteiger partial charge is 0.325 e. The van der Waals surface area contributed by atoms with E-state index in [0.29, 0.717) is 0 Å².